The van der Waals surface area contributed by atoms with Crippen LogP contribution in [-0.4, -0.2) is 37.6 Å². The van der Waals surface area contributed by atoms with Gasteiger partial charge < -0.3 is 0 Å². The van der Waals surface area contributed by atoms with E-state index in [0.717, 1.165) is 0 Å². The van der Waals surface area contributed by atoms with E-state index < -0.39 is 0 Å². The third-order valence-electron chi connectivity index (χ3n) is 0. The van der Waals surface area contributed by atoms with Crippen LogP contribution in [0.25, 0.3) is 0 Å². The molecule has 0 aromatic carbocycles. The van der Waals surface area contributed by atoms with Gasteiger partial charge in [-0.25, -0.2) is 0 Å². The predicted molar refractivity (Wildman–Crippen MR) is 15.7 cm³/mol. The Labute approximate surface area is 86.6 Å². The minimum absolute atomic E-state index is 0. The Morgan fingerprint density at radius 2 is 1.00 bits per heavy atom. The molecule has 0 rings (SSSR count). The molecule has 0 bridgehead atoms. The number of hydrogen-bond acceptors (Lipinski definition) is 0. The summed E-state index contributed by atoms with van der Waals surface area (Å²) in [5.41, 5.74) is 0. The summed E-state index contributed by atoms with van der Waals surface area (Å²) in [6, 6.07) is 0. The van der Waals surface area contributed by atoms with Gasteiger partial charge in [0, 0.05) is 34.1 Å². The molecule has 0 aliphatic carbocycles. The van der Waals surface area contributed by atoms with Gasteiger partial charge in [-0.1, -0.05) is 0 Å². The van der Waals surface area contributed by atoms with E-state index in [1.807, 2.05) is 0 Å². The Balaban J connectivity index is -0.00000000167. The maximum absolute atomic E-state index is 2.44. The van der Waals surface area contributed by atoms with Gasteiger partial charge in [0.1, 0.15) is 0 Å². The zero-order chi connectivity index (χ0) is 2.00. The molecule has 0 amide bonds. The molecule has 0 saturated heterocycles. The van der Waals surface area contributed by atoms with Gasteiger partial charge in [-0.3, -0.25) is 0 Å². The second kappa shape index (κ2) is 28.1. The third-order valence-corrected chi connectivity index (χ3v) is 0. The first-order valence-corrected chi connectivity index (χ1v) is 8.54. The van der Waals surface area contributed by atoms with Crippen LogP contribution in [0.5, 0.6) is 0 Å². The van der Waals surface area contributed by atoms with E-state index in [0.29, 0.717) is 0 Å². The van der Waals surface area contributed by atoms with Gasteiger partial charge in [0.2, 0.25) is 0 Å². The van der Waals surface area contributed by atoms with Crippen LogP contribution in [0.1, 0.15) is 0 Å². The van der Waals surface area contributed by atoms with E-state index in [-0.39, 0.29) is 58.0 Å². The topological polar surface area (TPSA) is 0 Å². The monoisotopic (exact) mass is 393 g/mol. The van der Waals surface area contributed by atoms with Gasteiger partial charge >= 0.3 is 53.9 Å². The van der Waals surface area contributed by atoms with Crippen LogP contribution < -0.4 is 0 Å². The van der Waals surface area contributed by atoms with E-state index in [4.69, 9.17) is 0 Å². The zero-order valence-corrected chi connectivity index (χ0v) is 13.2. The molecule has 0 unspecified atom stereocenters. The third kappa shape index (κ3) is 19.5. The molecule has 0 aliphatic rings. The Morgan fingerprint density at radius 1 is 1.00 bits per heavy atom. The molecular formula is H3Cu2SeSnZn. The summed E-state index contributed by atoms with van der Waals surface area (Å²) in [5, 5.41) is 0. The quantitative estimate of drug-likeness (QED) is 0.437. The van der Waals surface area contributed by atoms with Crippen LogP contribution in [0.2, 0.25) is 0 Å². The van der Waals surface area contributed by atoms with Crippen LogP contribution in [0.3, 0.4) is 0 Å². The molecule has 0 atom stereocenters. The van der Waals surface area contributed by atoms with Crippen LogP contribution in [0.4, 0.5) is 0 Å². The van der Waals surface area contributed by atoms with Crippen molar-refractivity contribution < 1.29 is 50.5 Å². The van der Waals surface area contributed by atoms with Crippen LogP contribution in [0, 0.1) is 0 Å². The second-order valence-electron chi connectivity index (χ2n) is 0. The Morgan fingerprint density at radius 3 is 1.00 bits per heavy atom. The fourth-order valence-corrected chi connectivity index (χ4v) is 0. The van der Waals surface area contributed by atoms with Gasteiger partial charge in [-0.05, 0) is 0 Å². The van der Waals surface area contributed by atoms with E-state index in [2.05, 4.69) is 13.7 Å². The van der Waals surface area contributed by atoms with Crippen molar-refractivity contribution in [2.75, 3.05) is 0 Å². The predicted octanol–water partition coefficient (Wildman–Crippen LogP) is -1.57. The zero-order valence-electron chi connectivity index (χ0n) is 2.46. The molecule has 4 radical (unpaired) electrons. The molecule has 0 aromatic rings. The summed E-state index contributed by atoms with van der Waals surface area (Å²) in [4.78, 5) is 0. The molecule has 0 aliphatic heterocycles. The summed E-state index contributed by atoms with van der Waals surface area (Å²) < 4.78 is 0. The van der Waals surface area contributed by atoms with Crippen molar-refractivity contribution in [3.05, 3.63) is 0 Å². The standard InChI is InChI=1S/2Cu.H2Se.Sn.Zn.2H/h;;1H2;;;;/q;;;;+1;;/p-1. The fraction of sp³-hybridized carbons (Fsp3) is 0. The van der Waals surface area contributed by atoms with Crippen molar-refractivity contribution in [2.24, 2.45) is 0 Å². The van der Waals surface area contributed by atoms with Crippen molar-refractivity contribution >= 4 is 37.6 Å². The Hall–Kier alpha value is 2.98. The molecule has 0 saturated carbocycles. The summed E-state index contributed by atoms with van der Waals surface area (Å²) >= 11 is 3.75. The van der Waals surface area contributed by atoms with Crippen LogP contribution in [0.15, 0.2) is 0 Å². The van der Waals surface area contributed by atoms with Crippen molar-refractivity contribution in [2.45, 2.75) is 0 Å². The molecular weight excluding hydrogens is 390 g/mol. The van der Waals surface area contributed by atoms with Crippen molar-refractivity contribution in [1.29, 1.82) is 0 Å². The van der Waals surface area contributed by atoms with Crippen molar-refractivity contribution in [1.82, 2.24) is 0 Å². The van der Waals surface area contributed by atoms with E-state index in [1.54, 1.807) is 0 Å². The molecule has 0 spiro atoms. The fourth-order valence-electron chi connectivity index (χ4n) is 0. The Kier molecular flexibility index (Phi) is 138. The normalized spacial score (nSPS) is 1.40. The van der Waals surface area contributed by atoms with Gasteiger partial charge in [0.05, 0.1) is 0 Å². The van der Waals surface area contributed by atoms with Gasteiger partial charge in [0.15, 0.2) is 0 Å². The second-order valence-corrected chi connectivity index (χ2v) is 0. The minimum atomic E-state index is 0. The van der Waals surface area contributed by atoms with Gasteiger partial charge in [0.25, 0.3) is 0 Å². The number of rotatable bonds is 0. The molecule has 0 N–H and O–H groups in total. The van der Waals surface area contributed by atoms with E-state index >= 15 is 0 Å². The average molecular weight is 393 g/mol. The van der Waals surface area contributed by atoms with Gasteiger partial charge in [-0.15, -0.1) is 0 Å². The van der Waals surface area contributed by atoms with E-state index in [9.17, 15) is 0 Å². The van der Waals surface area contributed by atoms with Crippen molar-refractivity contribution in [3.63, 3.8) is 0 Å². The van der Waals surface area contributed by atoms with Crippen molar-refractivity contribution in [3.8, 4) is 0 Å². The Bertz CT molecular complexity index is 9.61. The van der Waals surface area contributed by atoms with Crippen LogP contribution in [-0.2, 0) is 50.5 Å². The summed E-state index contributed by atoms with van der Waals surface area (Å²) in [6.07, 6.45) is 0. The van der Waals surface area contributed by atoms with Gasteiger partial charge in [-0.2, -0.15) is 0 Å². The summed E-state index contributed by atoms with van der Waals surface area (Å²) in [7, 11) is 0. The first-order valence-electron chi connectivity index (χ1n) is 0.316. The molecule has 5 heteroatoms. The molecule has 0 nitrogen and oxygen atoms in total. The first-order chi connectivity index (χ1) is 1.00. The molecule has 5 heavy (non-hydrogen) atoms. The molecule has 37 valence electrons. The first kappa shape index (κ1) is 24.5. The molecule has 0 aromatic heterocycles. The molecule has 0 heterocycles. The van der Waals surface area contributed by atoms with E-state index in [1.165, 1.54) is 16.3 Å². The SMILES string of the molecule is [Cu].[Cu].[SnH2].[Zn][SeH]. The number of hydrogen-bond donors (Lipinski definition) is 0. The molecule has 0 fully saturated rings. The summed E-state index contributed by atoms with van der Waals surface area (Å²) in [5.74, 6) is 0. The maximum atomic E-state index is 2.44. The average Bonchev–Trinajstić information content (AvgIpc) is 1.00. The summed E-state index contributed by atoms with van der Waals surface area (Å²) in [6.45, 7) is 0. The van der Waals surface area contributed by atoms with Crippen LogP contribution >= 0.6 is 0 Å².